The summed E-state index contributed by atoms with van der Waals surface area (Å²) in [5.74, 6) is 0.102. The molecule has 206 valence electrons. The number of benzene rings is 1. The molecule has 0 bridgehead atoms. The van der Waals surface area contributed by atoms with E-state index in [0.29, 0.717) is 26.2 Å². The molecule has 1 aromatic rings. The molecular weight excluding hydrogens is 591 g/mol. The van der Waals surface area contributed by atoms with Gasteiger partial charge in [0.05, 0.1) is 29.9 Å². The first-order valence-electron chi connectivity index (χ1n) is 13.0. The molecule has 3 atom stereocenters. The van der Waals surface area contributed by atoms with Crippen molar-refractivity contribution >= 4 is 34.4 Å². The Kier molecular flexibility index (Phi) is 11.0. The molecule has 0 radical (unpaired) electrons. The van der Waals surface area contributed by atoms with Gasteiger partial charge in [-0.3, -0.25) is 9.59 Å². The second-order valence-electron chi connectivity index (χ2n) is 9.98. The first kappa shape index (κ1) is 29.7. The van der Waals surface area contributed by atoms with Gasteiger partial charge in [-0.05, 0) is 59.2 Å². The maximum atomic E-state index is 13.5. The van der Waals surface area contributed by atoms with Crippen molar-refractivity contribution in [2.24, 2.45) is 5.92 Å². The Morgan fingerprint density at radius 2 is 1.89 bits per heavy atom. The lowest BCUT2D eigenvalue weighted by Crippen LogP contribution is -2.59. The second kappa shape index (κ2) is 13.8. The molecule has 2 aliphatic rings. The predicted molar refractivity (Wildman–Crippen MR) is 147 cm³/mol. The molecule has 1 fully saturated rings. The van der Waals surface area contributed by atoms with Crippen LogP contribution in [0.25, 0.3) is 0 Å². The Hall–Kier alpha value is -1.89. The molecule has 9 nitrogen and oxygen atoms in total. The van der Waals surface area contributed by atoms with E-state index in [9.17, 15) is 24.9 Å². The number of amides is 2. The summed E-state index contributed by atoms with van der Waals surface area (Å²) in [5.41, 5.74) is 1.05. The van der Waals surface area contributed by atoms with Crippen LogP contribution in [0.1, 0.15) is 57.9 Å². The van der Waals surface area contributed by atoms with Crippen molar-refractivity contribution in [1.82, 2.24) is 10.2 Å². The SMILES string of the molecule is COc1cc(CO)cc(I)c1O[C@H]1C=C(C(=O)NCCO)C[C@@H](N(C(=O)C(C)C)C2CCCCC2)[C@@H]1O. The number of nitrogens with one attached hydrogen (secondary N) is 1. The lowest BCUT2D eigenvalue weighted by molar-refractivity contribution is -0.146. The van der Waals surface area contributed by atoms with Crippen LogP contribution in [-0.2, 0) is 16.2 Å². The Morgan fingerprint density at radius 3 is 2.49 bits per heavy atom. The summed E-state index contributed by atoms with van der Waals surface area (Å²) >= 11 is 2.08. The monoisotopic (exact) mass is 630 g/mol. The normalized spacial score (nSPS) is 22.4. The summed E-state index contributed by atoms with van der Waals surface area (Å²) in [6.45, 7) is 3.44. The van der Waals surface area contributed by atoms with Gasteiger partial charge in [0.25, 0.3) is 0 Å². The molecule has 2 aliphatic carbocycles. The molecule has 4 N–H and O–H groups in total. The van der Waals surface area contributed by atoms with E-state index in [0.717, 1.165) is 32.1 Å². The van der Waals surface area contributed by atoms with Gasteiger partial charge in [-0.1, -0.05) is 33.1 Å². The molecule has 1 aromatic carbocycles. The highest BCUT2D eigenvalue weighted by Crippen LogP contribution is 2.38. The average molecular weight is 631 g/mol. The largest absolute Gasteiger partial charge is 0.493 e. The Balaban J connectivity index is 2.02. The highest BCUT2D eigenvalue weighted by Gasteiger charge is 2.43. The van der Waals surface area contributed by atoms with Crippen LogP contribution in [0.5, 0.6) is 11.5 Å². The van der Waals surface area contributed by atoms with Crippen molar-refractivity contribution in [2.45, 2.75) is 83.3 Å². The zero-order valence-electron chi connectivity index (χ0n) is 21.8. The second-order valence-corrected chi connectivity index (χ2v) is 11.1. The molecular formula is C27H39IN2O7. The van der Waals surface area contributed by atoms with E-state index in [2.05, 4.69) is 27.9 Å². The summed E-state index contributed by atoms with van der Waals surface area (Å²) < 4.78 is 12.5. The van der Waals surface area contributed by atoms with Crippen molar-refractivity contribution in [2.75, 3.05) is 20.3 Å². The molecule has 2 amide bonds. The minimum absolute atomic E-state index is 0.0117. The quantitative estimate of drug-likeness (QED) is 0.293. The van der Waals surface area contributed by atoms with Crippen molar-refractivity contribution in [1.29, 1.82) is 0 Å². The zero-order chi connectivity index (χ0) is 27.1. The number of methoxy groups -OCH3 is 1. The number of hydrogen-bond acceptors (Lipinski definition) is 7. The first-order chi connectivity index (χ1) is 17.7. The Bertz CT molecular complexity index is 978. The van der Waals surface area contributed by atoms with E-state index in [1.54, 1.807) is 18.2 Å². The lowest BCUT2D eigenvalue weighted by Gasteiger charge is -2.46. The average Bonchev–Trinajstić information content (AvgIpc) is 2.90. The van der Waals surface area contributed by atoms with Crippen molar-refractivity contribution in [3.05, 3.63) is 32.9 Å². The van der Waals surface area contributed by atoms with Crippen LogP contribution in [0.15, 0.2) is 23.8 Å². The summed E-state index contributed by atoms with van der Waals surface area (Å²) in [5, 5.41) is 33.1. The minimum Gasteiger partial charge on any atom is -0.493 e. The number of nitrogens with zero attached hydrogens (tertiary/aromatic N) is 1. The third kappa shape index (κ3) is 7.15. The summed E-state index contributed by atoms with van der Waals surface area (Å²) in [6, 6.07) is 2.77. The molecule has 0 unspecified atom stereocenters. The van der Waals surface area contributed by atoms with Crippen LogP contribution in [-0.4, -0.2) is 76.6 Å². The molecule has 1 saturated carbocycles. The van der Waals surface area contributed by atoms with Gasteiger partial charge < -0.3 is 35.0 Å². The fraction of sp³-hybridized carbons (Fsp3) is 0.630. The van der Waals surface area contributed by atoms with Crippen LogP contribution in [0, 0.1) is 9.49 Å². The minimum atomic E-state index is -1.09. The van der Waals surface area contributed by atoms with Crippen LogP contribution in [0.4, 0.5) is 0 Å². The predicted octanol–water partition coefficient (Wildman–Crippen LogP) is 2.52. The van der Waals surface area contributed by atoms with E-state index >= 15 is 0 Å². The van der Waals surface area contributed by atoms with E-state index in [-0.39, 0.29) is 50.0 Å². The number of rotatable bonds is 10. The number of carbonyl (C=O) groups is 2. The number of carbonyl (C=O) groups excluding carboxylic acids is 2. The number of halogens is 1. The third-order valence-electron chi connectivity index (χ3n) is 7.01. The van der Waals surface area contributed by atoms with E-state index in [4.69, 9.17) is 9.47 Å². The van der Waals surface area contributed by atoms with Gasteiger partial charge in [-0.25, -0.2) is 0 Å². The van der Waals surface area contributed by atoms with Crippen molar-refractivity contribution in [3.63, 3.8) is 0 Å². The number of ether oxygens (including phenoxy) is 2. The fourth-order valence-electron chi connectivity index (χ4n) is 5.13. The molecule has 0 aliphatic heterocycles. The first-order valence-corrected chi connectivity index (χ1v) is 14.0. The van der Waals surface area contributed by atoms with Gasteiger partial charge in [-0.15, -0.1) is 0 Å². The van der Waals surface area contributed by atoms with Crippen molar-refractivity contribution in [3.8, 4) is 11.5 Å². The van der Waals surface area contributed by atoms with E-state index in [1.165, 1.54) is 7.11 Å². The van der Waals surface area contributed by atoms with Gasteiger partial charge >= 0.3 is 0 Å². The third-order valence-corrected chi connectivity index (χ3v) is 7.82. The van der Waals surface area contributed by atoms with Gasteiger partial charge in [0.15, 0.2) is 11.5 Å². The zero-order valence-corrected chi connectivity index (χ0v) is 23.9. The van der Waals surface area contributed by atoms with Gasteiger partial charge in [-0.2, -0.15) is 0 Å². The molecule has 10 heteroatoms. The summed E-state index contributed by atoms with van der Waals surface area (Å²) in [4.78, 5) is 28.3. The highest BCUT2D eigenvalue weighted by atomic mass is 127. The molecule has 0 heterocycles. The van der Waals surface area contributed by atoms with Crippen LogP contribution in [0.2, 0.25) is 0 Å². The number of aliphatic hydroxyl groups is 3. The summed E-state index contributed by atoms with van der Waals surface area (Å²) in [7, 11) is 1.50. The molecule has 0 aromatic heterocycles. The van der Waals surface area contributed by atoms with Crippen molar-refractivity contribution < 1.29 is 34.4 Å². The molecule has 0 spiro atoms. The maximum Gasteiger partial charge on any atom is 0.247 e. The standard InChI is InChI=1S/C27H39IN2O7/c1-16(2)27(35)30(19-7-5-4-6-8-19)21-13-18(26(34)29-9-10-31)14-22(24(21)33)37-25-20(28)11-17(15-32)12-23(25)36-3/h11-12,14,16,19,21-22,24,31-33H,4-10,13,15H2,1-3H3,(H,29,34)/t21-,22+,24+/m1/s1. The molecule has 3 rings (SSSR count). The Labute approximate surface area is 232 Å². The summed E-state index contributed by atoms with van der Waals surface area (Å²) in [6.07, 6.45) is 4.64. The highest BCUT2D eigenvalue weighted by molar-refractivity contribution is 14.1. The smallest absolute Gasteiger partial charge is 0.247 e. The number of hydrogen-bond donors (Lipinski definition) is 4. The maximum absolute atomic E-state index is 13.5. The van der Waals surface area contributed by atoms with Crippen LogP contribution >= 0.6 is 22.6 Å². The lowest BCUT2D eigenvalue weighted by atomic mass is 9.84. The van der Waals surface area contributed by atoms with E-state index in [1.807, 2.05) is 18.7 Å². The number of aliphatic hydroxyl groups excluding tert-OH is 3. The van der Waals surface area contributed by atoms with E-state index < -0.39 is 18.2 Å². The topological polar surface area (TPSA) is 129 Å². The molecule has 0 saturated heterocycles. The van der Waals surface area contributed by atoms with Gasteiger partial charge in [0.2, 0.25) is 11.8 Å². The Morgan fingerprint density at radius 1 is 1.19 bits per heavy atom. The van der Waals surface area contributed by atoms with Crippen LogP contribution in [0.3, 0.4) is 0 Å². The molecule has 37 heavy (non-hydrogen) atoms. The van der Waals surface area contributed by atoms with Gasteiger partial charge in [0, 0.05) is 30.5 Å². The van der Waals surface area contributed by atoms with Gasteiger partial charge in [0.1, 0.15) is 12.2 Å². The van der Waals surface area contributed by atoms with Crippen LogP contribution < -0.4 is 14.8 Å². The fourth-order valence-corrected chi connectivity index (χ4v) is 5.93.